The third kappa shape index (κ3) is 3.77. The summed E-state index contributed by atoms with van der Waals surface area (Å²) < 4.78 is 3.76. The van der Waals surface area contributed by atoms with E-state index in [0.29, 0.717) is 24.6 Å². The molecule has 3 aromatic rings. The number of nitrogens with zero attached hydrogens (tertiary/aromatic N) is 5. The Labute approximate surface area is 181 Å². The summed E-state index contributed by atoms with van der Waals surface area (Å²) in [5, 5.41) is 0. The molecular weight excluding hydrogens is 390 g/mol. The molecule has 0 radical (unpaired) electrons. The lowest BCUT2D eigenvalue weighted by Gasteiger charge is -2.21. The summed E-state index contributed by atoms with van der Waals surface area (Å²) >= 11 is 0. The number of fused-ring (bicyclic) bond motifs is 1. The number of amides is 1. The van der Waals surface area contributed by atoms with Gasteiger partial charge >= 0.3 is 5.69 Å². The second-order valence-corrected chi connectivity index (χ2v) is 9.06. The van der Waals surface area contributed by atoms with Crippen LogP contribution in [0.1, 0.15) is 60.5 Å². The van der Waals surface area contributed by atoms with Gasteiger partial charge in [0.15, 0.2) is 5.65 Å². The Kier molecular flexibility index (Phi) is 5.34. The number of imidazole rings is 1. The molecule has 1 saturated heterocycles. The molecular formula is C24H29N5O2. The largest absolute Gasteiger partial charge is 0.336 e. The van der Waals surface area contributed by atoms with Crippen LogP contribution in [0.5, 0.6) is 0 Å². The molecule has 7 heteroatoms. The van der Waals surface area contributed by atoms with Crippen LogP contribution < -0.4 is 5.69 Å². The van der Waals surface area contributed by atoms with Gasteiger partial charge in [0.25, 0.3) is 5.91 Å². The maximum absolute atomic E-state index is 13.5. The Morgan fingerprint density at radius 1 is 1.16 bits per heavy atom. The zero-order chi connectivity index (χ0) is 21.4. The summed E-state index contributed by atoms with van der Waals surface area (Å²) in [5.41, 5.74) is 3.22. The summed E-state index contributed by atoms with van der Waals surface area (Å²) in [6, 6.07) is 5.71. The van der Waals surface area contributed by atoms with Crippen molar-refractivity contribution in [2.45, 2.75) is 58.0 Å². The molecule has 1 aliphatic carbocycles. The summed E-state index contributed by atoms with van der Waals surface area (Å²) in [7, 11) is 0. The molecule has 0 unspecified atom stereocenters. The third-order valence-corrected chi connectivity index (χ3v) is 6.83. The lowest BCUT2D eigenvalue weighted by atomic mass is 9.89. The van der Waals surface area contributed by atoms with Crippen LogP contribution >= 0.6 is 0 Å². The van der Waals surface area contributed by atoms with E-state index in [1.165, 1.54) is 32.1 Å². The second-order valence-electron chi connectivity index (χ2n) is 9.06. The molecule has 3 aromatic heterocycles. The summed E-state index contributed by atoms with van der Waals surface area (Å²) in [4.78, 5) is 37.0. The first-order valence-corrected chi connectivity index (χ1v) is 11.4. The van der Waals surface area contributed by atoms with Gasteiger partial charge in [0.2, 0.25) is 0 Å². The van der Waals surface area contributed by atoms with Gasteiger partial charge in [-0.1, -0.05) is 19.3 Å². The van der Waals surface area contributed by atoms with E-state index in [4.69, 9.17) is 0 Å². The van der Waals surface area contributed by atoms with E-state index in [2.05, 4.69) is 9.97 Å². The van der Waals surface area contributed by atoms with Crippen molar-refractivity contribution in [3.8, 4) is 0 Å². The number of hydrogen-bond acceptors (Lipinski definition) is 4. The van der Waals surface area contributed by atoms with Gasteiger partial charge in [0, 0.05) is 38.2 Å². The molecule has 0 aromatic carbocycles. The van der Waals surface area contributed by atoms with Gasteiger partial charge in [-0.2, -0.15) is 0 Å². The van der Waals surface area contributed by atoms with Crippen molar-refractivity contribution in [3.05, 3.63) is 58.4 Å². The zero-order valence-electron chi connectivity index (χ0n) is 18.0. The fourth-order valence-corrected chi connectivity index (χ4v) is 5.23. The normalized spacial score (nSPS) is 19.9. The Balaban J connectivity index is 1.43. The van der Waals surface area contributed by atoms with Crippen molar-refractivity contribution in [1.29, 1.82) is 0 Å². The van der Waals surface area contributed by atoms with Gasteiger partial charge < -0.3 is 4.90 Å². The number of aromatic nitrogens is 4. The number of carbonyl (C=O) groups is 1. The second kappa shape index (κ2) is 8.29. The van der Waals surface area contributed by atoms with Gasteiger partial charge in [0.1, 0.15) is 0 Å². The monoisotopic (exact) mass is 419 g/mol. The molecule has 1 saturated carbocycles. The quantitative estimate of drug-likeness (QED) is 0.648. The van der Waals surface area contributed by atoms with Gasteiger partial charge in [-0.3, -0.25) is 18.9 Å². The summed E-state index contributed by atoms with van der Waals surface area (Å²) in [5.74, 6) is 0.534. The number of aryl methyl sites for hydroxylation is 1. The smallest absolute Gasteiger partial charge is 0.330 e. The van der Waals surface area contributed by atoms with Gasteiger partial charge in [-0.15, -0.1) is 0 Å². The molecule has 5 rings (SSSR count). The van der Waals surface area contributed by atoms with Crippen LogP contribution in [-0.4, -0.2) is 43.0 Å². The van der Waals surface area contributed by atoms with Crippen molar-refractivity contribution < 1.29 is 4.79 Å². The van der Waals surface area contributed by atoms with Crippen LogP contribution in [0, 0.1) is 12.8 Å². The SMILES string of the molecule is Cc1cncc(C(=O)N2CC[C@@H](n3c(=O)n(CC4CCCCC4)c4cccnc43)C2)c1. The highest BCUT2D eigenvalue weighted by Gasteiger charge is 2.32. The van der Waals surface area contributed by atoms with Crippen LogP contribution in [0.15, 0.2) is 41.6 Å². The van der Waals surface area contributed by atoms with Crippen molar-refractivity contribution in [3.63, 3.8) is 0 Å². The van der Waals surface area contributed by atoms with Crippen LogP contribution in [0.2, 0.25) is 0 Å². The average Bonchev–Trinajstić information content (AvgIpc) is 3.37. The van der Waals surface area contributed by atoms with E-state index in [0.717, 1.165) is 29.7 Å². The Morgan fingerprint density at radius 3 is 2.81 bits per heavy atom. The van der Waals surface area contributed by atoms with E-state index in [1.807, 2.05) is 39.2 Å². The molecule has 1 amide bonds. The van der Waals surface area contributed by atoms with Crippen molar-refractivity contribution in [1.82, 2.24) is 24.0 Å². The minimum absolute atomic E-state index is 0.01000. The third-order valence-electron chi connectivity index (χ3n) is 6.83. The van der Waals surface area contributed by atoms with Crippen LogP contribution in [0.25, 0.3) is 11.2 Å². The highest BCUT2D eigenvalue weighted by molar-refractivity contribution is 5.94. The predicted octanol–water partition coefficient (Wildman–Crippen LogP) is 3.57. The molecule has 0 bridgehead atoms. The molecule has 31 heavy (non-hydrogen) atoms. The van der Waals surface area contributed by atoms with Crippen molar-refractivity contribution in [2.75, 3.05) is 13.1 Å². The fraction of sp³-hybridized carbons (Fsp3) is 0.500. The predicted molar refractivity (Wildman–Crippen MR) is 119 cm³/mol. The van der Waals surface area contributed by atoms with Crippen molar-refractivity contribution >= 4 is 17.1 Å². The molecule has 4 heterocycles. The fourth-order valence-electron chi connectivity index (χ4n) is 5.23. The van der Waals surface area contributed by atoms with Gasteiger partial charge in [-0.25, -0.2) is 9.78 Å². The molecule has 1 atom stereocenters. The van der Waals surface area contributed by atoms with E-state index in [-0.39, 0.29) is 17.6 Å². The van der Waals surface area contributed by atoms with E-state index in [9.17, 15) is 9.59 Å². The Bertz CT molecular complexity index is 1160. The number of hydrogen-bond donors (Lipinski definition) is 0. The van der Waals surface area contributed by atoms with E-state index < -0.39 is 0 Å². The summed E-state index contributed by atoms with van der Waals surface area (Å²) in [6.45, 7) is 3.85. The number of carbonyl (C=O) groups excluding carboxylic acids is 1. The maximum atomic E-state index is 13.5. The molecule has 2 aliphatic rings. The highest BCUT2D eigenvalue weighted by atomic mass is 16.2. The zero-order valence-corrected chi connectivity index (χ0v) is 18.0. The van der Waals surface area contributed by atoms with Crippen molar-refractivity contribution in [2.24, 2.45) is 5.92 Å². The van der Waals surface area contributed by atoms with Crippen LogP contribution in [0.4, 0.5) is 0 Å². The number of pyridine rings is 2. The Morgan fingerprint density at radius 2 is 2.00 bits per heavy atom. The Hall–Kier alpha value is -2.96. The first-order chi connectivity index (χ1) is 15.1. The van der Waals surface area contributed by atoms with Gasteiger partial charge in [-0.05, 0) is 55.9 Å². The lowest BCUT2D eigenvalue weighted by molar-refractivity contribution is 0.0787. The highest BCUT2D eigenvalue weighted by Crippen LogP contribution is 2.28. The molecule has 0 N–H and O–H groups in total. The number of rotatable bonds is 4. The van der Waals surface area contributed by atoms with Crippen LogP contribution in [0.3, 0.4) is 0 Å². The van der Waals surface area contributed by atoms with E-state index >= 15 is 0 Å². The molecule has 2 fully saturated rings. The minimum Gasteiger partial charge on any atom is -0.336 e. The average molecular weight is 420 g/mol. The topological polar surface area (TPSA) is 73.0 Å². The first-order valence-electron chi connectivity index (χ1n) is 11.4. The maximum Gasteiger partial charge on any atom is 0.330 e. The molecule has 1 aliphatic heterocycles. The molecule has 162 valence electrons. The number of likely N-dealkylation sites (tertiary alicyclic amines) is 1. The standard InChI is InChI=1S/C24H29N5O2/c1-17-12-19(14-25-13-17)23(30)27-11-9-20(16-27)29-22-21(8-5-10-26-22)28(24(29)31)15-18-6-3-2-4-7-18/h5,8,10,12-14,18,20H,2-4,6-7,9,11,15-16H2,1H3/t20-/m1/s1. The molecule has 0 spiro atoms. The first kappa shape index (κ1) is 20.0. The minimum atomic E-state index is -0.0563. The van der Waals surface area contributed by atoms with Crippen LogP contribution in [-0.2, 0) is 6.54 Å². The van der Waals surface area contributed by atoms with E-state index in [1.54, 1.807) is 18.6 Å². The summed E-state index contributed by atoms with van der Waals surface area (Å²) in [6.07, 6.45) is 12.1. The van der Waals surface area contributed by atoms with Gasteiger partial charge in [0.05, 0.1) is 17.1 Å². The lowest BCUT2D eigenvalue weighted by Crippen LogP contribution is -2.33. The molecule has 7 nitrogen and oxygen atoms in total.